The number of hydrogen-bond acceptors (Lipinski definition) is 8. The van der Waals surface area contributed by atoms with Crippen molar-refractivity contribution in [3.63, 3.8) is 0 Å². The molecule has 0 amide bonds. The van der Waals surface area contributed by atoms with Crippen LogP contribution < -0.4 is 0 Å². The average molecular weight is 277 g/mol. The van der Waals surface area contributed by atoms with Gasteiger partial charge in [0.15, 0.2) is 0 Å². The van der Waals surface area contributed by atoms with Crippen molar-refractivity contribution in [3.8, 4) is 5.75 Å². The van der Waals surface area contributed by atoms with E-state index in [-0.39, 0.29) is 11.3 Å². The third-order valence-corrected chi connectivity index (χ3v) is 2.61. The number of phenolic OH excluding ortho intramolecular Hbond substituents is 1. The maximum absolute atomic E-state index is 11.6. The number of carbonyl (C=O) groups is 4. The number of phenols is 1. The monoisotopic (exact) mass is 277 g/mol. The zero-order valence-electron chi connectivity index (χ0n) is 9.77. The third-order valence-electron chi connectivity index (χ3n) is 2.61. The van der Waals surface area contributed by atoms with Crippen LogP contribution in [0, 0.1) is 0 Å². The minimum Gasteiger partial charge on any atom is -0.507 e. The van der Waals surface area contributed by atoms with E-state index < -0.39 is 35.1 Å². The molecule has 2 rings (SSSR count). The molecule has 1 fully saturated rings. The smallest absolute Gasteiger partial charge is 0.384 e. The van der Waals surface area contributed by atoms with Crippen LogP contribution in [-0.2, 0) is 23.9 Å². The number of esters is 1. The first-order chi connectivity index (χ1) is 9.47. The molecule has 1 aromatic carbocycles. The van der Waals surface area contributed by atoms with Crippen LogP contribution in [0.5, 0.6) is 5.75 Å². The van der Waals surface area contributed by atoms with Crippen molar-refractivity contribution < 1.29 is 34.2 Å². The fourth-order valence-electron chi connectivity index (χ4n) is 1.66. The lowest BCUT2D eigenvalue weighted by atomic mass is 9.96. The summed E-state index contributed by atoms with van der Waals surface area (Å²) in [6, 6.07) is 5.45. The van der Waals surface area contributed by atoms with Crippen LogP contribution in [-0.4, -0.2) is 45.4 Å². The molecule has 20 heavy (non-hydrogen) atoms. The Morgan fingerprint density at radius 1 is 1.10 bits per heavy atom. The molecule has 8 nitrogen and oxygen atoms in total. The zero-order valence-corrected chi connectivity index (χ0v) is 9.77. The Hall–Kier alpha value is -3.03. The van der Waals surface area contributed by atoms with Crippen molar-refractivity contribution in [2.24, 2.45) is 5.16 Å². The van der Waals surface area contributed by atoms with Gasteiger partial charge in [0.25, 0.3) is 11.6 Å². The molecule has 1 atom stereocenters. The summed E-state index contributed by atoms with van der Waals surface area (Å²) in [5.74, 6) is -6.35. The number of rotatable bonds is 2. The summed E-state index contributed by atoms with van der Waals surface area (Å²) in [6.07, 6.45) is -1.87. The van der Waals surface area contributed by atoms with Crippen molar-refractivity contribution in [1.82, 2.24) is 0 Å². The molecule has 102 valence electrons. The van der Waals surface area contributed by atoms with Crippen LogP contribution in [0.15, 0.2) is 29.4 Å². The lowest BCUT2D eigenvalue weighted by molar-refractivity contribution is -0.167. The molecule has 0 radical (unpaired) electrons. The molecule has 1 heterocycles. The Labute approximate surface area is 111 Å². The second kappa shape index (κ2) is 4.92. The highest BCUT2D eigenvalue weighted by molar-refractivity contribution is 6.80. The number of carbonyl (C=O) groups excluding carboxylic acids is 4. The number of cyclic esters (lactones) is 1. The highest BCUT2D eigenvalue weighted by Crippen LogP contribution is 2.21. The predicted molar refractivity (Wildman–Crippen MR) is 61.3 cm³/mol. The van der Waals surface area contributed by atoms with Gasteiger partial charge in [0.05, 0.1) is 0 Å². The maximum atomic E-state index is 11.6. The SMILES string of the molecule is O=C1OC(/C(=N\O)c2ccccc2O)C(=O)C(=O)C1=O. The summed E-state index contributed by atoms with van der Waals surface area (Å²) in [7, 11) is 0. The lowest BCUT2D eigenvalue weighted by Gasteiger charge is -2.20. The number of para-hydroxylation sites is 1. The molecule has 1 saturated heterocycles. The molecule has 1 aromatic rings. The van der Waals surface area contributed by atoms with Crippen molar-refractivity contribution in [1.29, 1.82) is 0 Å². The highest BCUT2D eigenvalue weighted by Gasteiger charge is 2.46. The molecule has 1 unspecified atom stereocenters. The van der Waals surface area contributed by atoms with Crippen LogP contribution in [0.25, 0.3) is 0 Å². The molecule has 8 heteroatoms. The third kappa shape index (κ3) is 2.03. The second-order valence-electron chi connectivity index (χ2n) is 3.81. The minimum absolute atomic E-state index is 0.108. The Balaban J connectivity index is 2.46. The number of nitrogens with zero attached hydrogens (tertiary/aromatic N) is 1. The van der Waals surface area contributed by atoms with E-state index in [1.807, 2.05) is 0 Å². The van der Waals surface area contributed by atoms with Crippen LogP contribution in [0.2, 0.25) is 0 Å². The van der Waals surface area contributed by atoms with Gasteiger partial charge in [-0.2, -0.15) is 0 Å². The first-order valence-corrected chi connectivity index (χ1v) is 5.31. The predicted octanol–water partition coefficient (Wildman–Crippen LogP) is -0.797. The van der Waals surface area contributed by atoms with Gasteiger partial charge in [0.2, 0.25) is 6.10 Å². The number of aromatic hydroxyl groups is 1. The Morgan fingerprint density at radius 2 is 1.75 bits per heavy atom. The van der Waals surface area contributed by atoms with Crippen LogP contribution in [0.1, 0.15) is 5.56 Å². The fourth-order valence-corrected chi connectivity index (χ4v) is 1.66. The minimum atomic E-state index is -1.87. The van der Waals surface area contributed by atoms with Crippen molar-refractivity contribution in [2.75, 3.05) is 0 Å². The van der Waals surface area contributed by atoms with Gasteiger partial charge in [-0.3, -0.25) is 14.4 Å². The van der Waals surface area contributed by atoms with E-state index in [9.17, 15) is 24.3 Å². The number of Topliss-reactive ketones (excluding diaryl/α,β-unsaturated/α-hetero) is 3. The maximum Gasteiger partial charge on any atom is 0.384 e. The van der Waals surface area contributed by atoms with E-state index in [0.717, 1.165) is 0 Å². The van der Waals surface area contributed by atoms with Gasteiger partial charge in [-0.05, 0) is 12.1 Å². The quantitative estimate of drug-likeness (QED) is 0.238. The number of ketones is 3. The number of hydrogen-bond donors (Lipinski definition) is 2. The molecule has 0 aliphatic carbocycles. The molecule has 2 N–H and O–H groups in total. The Morgan fingerprint density at radius 3 is 2.35 bits per heavy atom. The van der Waals surface area contributed by atoms with Gasteiger partial charge in [-0.25, -0.2) is 4.79 Å². The molecule has 1 aliphatic heterocycles. The number of benzene rings is 1. The topological polar surface area (TPSA) is 130 Å². The summed E-state index contributed by atoms with van der Waals surface area (Å²) in [5.41, 5.74) is -0.648. The average Bonchev–Trinajstić information content (AvgIpc) is 2.44. The summed E-state index contributed by atoms with van der Waals surface area (Å²) < 4.78 is 4.48. The van der Waals surface area contributed by atoms with Crippen molar-refractivity contribution in [3.05, 3.63) is 29.8 Å². The van der Waals surface area contributed by atoms with Crippen molar-refractivity contribution in [2.45, 2.75) is 6.10 Å². The molecule has 0 bridgehead atoms. The summed E-state index contributed by atoms with van der Waals surface area (Å²) in [5, 5.41) is 21.3. The van der Waals surface area contributed by atoms with E-state index >= 15 is 0 Å². The van der Waals surface area contributed by atoms with Gasteiger partial charge in [-0.1, -0.05) is 17.3 Å². The summed E-state index contributed by atoms with van der Waals surface area (Å²) in [4.78, 5) is 45.1. The molecule has 1 aliphatic rings. The van der Waals surface area contributed by atoms with Gasteiger partial charge in [0, 0.05) is 5.56 Å². The lowest BCUT2D eigenvalue weighted by Crippen LogP contribution is -2.50. The van der Waals surface area contributed by atoms with Gasteiger partial charge in [0.1, 0.15) is 11.5 Å². The van der Waals surface area contributed by atoms with E-state index in [1.54, 1.807) is 0 Å². The molecular weight excluding hydrogens is 270 g/mol. The Kier molecular flexibility index (Phi) is 3.30. The zero-order chi connectivity index (χ0) is 14.9. The largest absolute Gasteiger partial charge is 0.507 e. The highest BCUT2D eigenvalue weighted by atomic mass is 16.6. The first-order valence-electron chi connectivity index (χ1n) is 5.31. The molecular formula is C12H7NO7. The Bertz CT molecular complexity index is 662. The van der Waals surface area contributed by atoms with E-state index in [1.165, 1.54) is 24.3 Å². The standard InChI is InChI=1S/C12H7NO7/c14-6-4-2-1-3-5(6)7(13-19)11-9(16)8(15)10(17)12(18)20-11/h1-4,11,14,19H/b13-7-. The van der Waals surface area contributed by atoms with Crippen LogP contribution >= 0.6 is 0 Å². The van der Waals surface area contributed by atoms with Gasteiger partial charge >= 0.3 is 11.8 Å². The molecule has 0 aromatic heterocycles. The van der Waals surface area contributed by atoms with Crippen LogP contribution in [0.3, 0.4) is 0 Å². The van der Waals surface area contributed by atoms with Gasteiger partial charge in [-0.15, -0.1) is 0 Å². The summed E-state index contributed by atoms with van der Waals surface area (Å²) >= 11 is 0. The second-order valence-corrected chi connectivity index (χ2v) is 3.81. The van der Waals surface area contributed by atoms with Crippen LogP contribution in [0.4, 0.5) is 0 Å². The van der Waals surface area contributed by atoms with E-state index in [2.05, 4.69) is 9.89 Å². The first kappa shape index (κ1) is 13.4. The van der Waals surface area contributed by atoms with E-state index in [4.69, 9.17) is 5.21 Å². The fraction of sp³-hybridized carbons (Fsp3) is 0.0833. The number of oxime groups is 1. The van der Waals surface area contributed by atoms with Gasteiger partial charge < -0.3 is 15.1 Å². The summed E-state index contributed by atoms with van der Waals surface area (Å²) in [6.45, 7) is 0. The molecule has 0 saturated carbocycles. The van der Waals surface area contributed by atoms with E-state index in [0.29, 0.717) is 0 Å². The molecule has 0 spiro atoms. The van der Waals surface area contributed by atoms with Crippen molar-refractivity contribution >= 4 is 29.0 Å². The normalized spacial score (nSPS) is 20.0. The number of ether oxygens (including phenoxy) is 1.